The second kappa shape index (κ2) is 6.52. The van der Waals surface area contributed by atoms with Gasteiger partial charge in [-0.3, -0.25) is 10.1 Å². The molecule has 1 fully saturated rings. The number of carbonyl (C=O) groups excluding carboxylic acids is 1. The van der Waals surface area contributed by atoms with Crippen LogP contribution in [0.5, 0.6) is 0 Å². The van der Waals surface area contributed by atoms with Crippen LogP contribution in [0.2, 0.25) is 0 Å². The van der Waals surface area contributed by atoms with Crippen LogP contribution >= 0.6 is 0 Å². The van der Waals surface area contributed by atoms with E-state index in [0.717, 1.165) is 11.0 Å². The molecule has 130 valence electrons. The third-order valence-electron chi connectivity index (χ3n) is 4.47. The number of sulfone groups is 1. The van der Waals surface area contributed by atoms with E-state index in [9.17, 15) is 13.2 Å². The Bertz CT molecular complexity index is 859. The summed E-state index contributed by atoms with van der Waals surface area (Å²) >= 11 is 0. The molecule has 1 saturated heterocycles. The van der Waals surface area contributed by atoms with E-state index in [1.54, 1.807) is 0 Å². The Balaban J connectivity index is 1.75. The lowest BCUT2D eigenvalue weighted by atomic mass is 10.2. The lowest BCUT2D eigenvalue weighted by molar-refractivity contribution is -0.117. The minimum Gasteiger partial charge on any atom is -0.310 e. The molecule has 2 heterocycles. The quantitative estimate of drug-likeness (QED) is 0.893. The van der Waals surface area contributed by atoms with Crippen LogP contribution in [0.4, 0.5) is 5.95 Å². The van der Waals surface area contributed by atoms with Crippen LogP contribution in [-0.2, 0) is 21.2 Å². The topological polar surface area (TPSA) is 84.3 Å². The first kappa shape index (κ1) is 16.9. The third-order valence-corrected chi connectivity index (χ3v) is 6.16. The number of hydrogen-bond acceptors (Lipinski definition) is 5. The second-order valence-corrected chi connectivity index (χ2v) is 8.40. The van der Waals surface area contributed by atoms with Gasteiger partial charge < -0.3 is 9.47 Å². The average molecular weight is 350 g/mol. The SMILES string of the molecule is CCn1c(NC(=O)CC2CS(=O)(=O)CCN2C)nc2ccccc21. The van der Waals surface area contributed by atoms with E-state index in [2.05, 4.69) is 10.3 Å². The minimum absolute atomic E-state index is 0.0289. The number of imidazole rings is 1. The van der Waals surface area contributed by atoms with Gasteiger partial charge in [-0.25, -0.2) is 13.4 Å². The van der Waals surface area contributed by atoms with Gasteiger partial charge in [-0.15, -0.1) is 0 Å². The molecule has 1 aromatic carbocycles. The number of aryl methyl sites for hydroxylation is 1. The molecule has 1 atom stereocenters. The fraction of sp³-hybridized carbons (Fsp3) is 0.500. The van der Waals surface area contributed by atoms with Crippen molar-refractivity contribution in [2.24, 2.45) is 0 Å². The number of fused-ring (bicyclic) bond motifs is 1. The first-order valence-corrected chi connectivity index (χ1v) is 9.87. The van der Waals surface area contributed by atoms with E-state index in [-0.39, 0.29) is 29.9 Å². The van der Waals surface area contributed by atoms with E-state index in [1.165, 1.54) is 0 Å². The fourth-order valence-electron chi connectivity index (χ4n) is 3.06. The third kappa shape index (κ3) is 3.44. The summed E-state index contributed by atoms with van der Waals surface area (Å²) in [4.78, 5) is 18.8. The smallest absolute Gasteiger partial charge is 0.228 e. The highest BCUT2D eigenvalue weighted by molar-refractivity contribution is 7.91. The molecule has 24 heavy (non-hydrogen) atoms. The van der Waals surface area contributed by atoms with Gasteiger partial charge in [-0.1, -0.05) is 12.1 Å². The summed E-state index contributed by atoms with van der Waals surface area (Å²) in [5.74, 6) is 0.480. The Morgan fingerprint density at radius 2 is 2.12 bits per heavy atom. The van der Waals surface area contributed by atoms with Gasteiger partial charge in [0.1, 0.15) is 0 Å². The van der Waals surface area contributed by atoms with Crippen LogP contribution < -0.4 is 5.32 Å². The molecule has 0 bridgehead atoms. The molecule has 1 N–H and O–H groups in total. The van der Waals surface area contributed by atoms with Crippen molar-refractivity contribution >= 4 is 32.7 Å². The maximum absolute atomic E-state index is 12.4. The van der Waals surface area contributed by atoms with Crippen LogP contribution in [0.15, 0.2) is 24.3 Å². The lowest BCUT2D eigenvalue weighted by Crippen LogP contribution is -2.47. The van der Waals surface area contributed by atoms with Gasteiger partial charge in [-0.2, -0.15) is 0 Å². The summed E-state index contributed by atoms with van der Waals surface area (Å²) in [7, 11) is -1.20. The second-order valence-electron chi connectivity index (χ2n) is 6.17. The molecule has 1 unspecified atom stereocenters. The van der Waals surface area contributed by atoms with Crippen LogP contribution in [0, 0.1) is 0 Å². The Hall–Kier alpha value is -1.93. The highest BCUT2D eigenvalue weighted by atomic mass is 32.2. The summed E-state index contributed by atoms with van der Waals surface area (Å²) in [5, 5.41) is 2.84. The lowest BCUT2D eigenvalue weighted by Gasteiger charge is -2.31. The molecule has 1 aliphatic rings. The molecular formula is C16H22N4O3S. The largest absolute Gasteiger partial charge is 0.310 e. The molecule has 0 aliphatic carbocycles. The van der Waals surface area contributed by atoms with Gasteiger partial charge in [0.15, 0.2) is 9.84 Å². The molecule has 1 amide bonds. The van der Waals surface area contributed by atoms with Crippen molar-refractivity contribution in [3.63, 3.8) is 0 Å². The van der Waals surface area contributed by atoms with E-state index >= 15 is 0 Å². The molecule has 0 saturated carbocycles. The predicted octanol–water partition coefficient (Wildman–Crippen LogP) is 1.11. The number of amides is 1. The zero-order valence-corrected chi connectivity index (χ0v) is 14.7. The summed E-state index contributed by atoms with van der Waals surface area (Å²) < 4.78 is 25.5. The summed E-state index contributed by atoms with van der Waals surface area (Å²) in [6, 6.07) is 7.41. The minimum atomic E-state index is -3.06. The van der Waals surface area contributed by atoms with Gasteiger partial charge in [0.05, 0.1) is 22.5 Å². The summed E-state index contributed by atoms with van der Waals surface area (Å²) in [5.41, 5.74) is 1.79. The van der Waals surface area contributed by atoms with Crippen molar-refractivity contribution in [1.82, 2.24) is 14.5 Å². The Morgan fingerprint density at radius 1 is 1.38 bits per heavy atom. The molecule has 0 spiro atoms. The van der Waals surface area contributed by atoms with Gasteiger partial charge in [-0.05, 0) is 26.1 Å². The fourth-order valence-corrected chi connectivity index (χ4v) is 4.76. The Kier molecular flexibility index (Phi) is 4.60. The van der Waals surface area contributed by atoms with E-state index in [4.69, 9.17) is 0 Å². The Labute approximate surface area is 141 Å². The van der Waals surface area contributed by atoms with Crippen molar-refractivity contribution in [2.75, 3.05) is 30.4 Å². The molecule has 7 nitrogen and oxygen atoms in total. The number of nitrogens with zero attached hydrogens (tertiary/aromatic N) is 3. The highest BCUT2D eigenvalue weighted by Gasteiger charge is 2.30. The maximum Gasteiger partial charge on any atom is 0.228 e. The van der Waals surface area contributed by atoms with Crippen molar-refractivity contribution in [1.29, 1.82) is 0 Å². The number of aromatic nitrogens is 2. The number of anilines is 1. The van der Waals surface area contributed by atoms with Gasteiger partial charge in [0.25, 0.3) is 0 Å². The number of nitrogens with one attached hydrogen (secondary N) is 1. The average Bonchev–Trinajstić information content (AvgIpc) is 2.87. The van der Waals surface area contributed by atoms with Gasteiger partial charge in [0.2, 0.25) is 11.9 Å². The molecule has 1 aliphatic heterocycles. The van der Waals surface area contributed by atoms with E-state index in [1.807, 2.05) is 47.7 Å². The van der Waals surface area contributed by atoms with Crippen LogP contribution in [0.3, 0.4) is 0 Å². The molecule has 3 rings (SSSR count). The van der Waals surface area contributed by atoms with E-state index in [0.29, 0.717) is 19.0 Å². The first-order chi connectivity index (χ1) is 11.4. The summed E-state index contributed by atoms with van der Waals surface area (Å²) in [6.07, 6.45) is 0.142. The zero-order valence-electron chi connectivity index (χ0n) is 13.9. The van der Waals surface area contributed by atoms with Crippen LogP contribution in [0.25, 0.3) is 11.0 Å². The molecular weight excluding hydrogens is 328 g/mol. The van der Waals surface area contributed by atoms with Crippen molar-refractivity contribution in [2.45, 2.75) is 25.9 Å². The van der Waals surface area contributed by atoms with Gasteiger partial charge in [0, 0.05) is 25.6 Å². The van der Waals surface area contributed by atoms with E-state index < -0.39 is 9.84 Å². The van der Waals surface area contributed by atoms with Crippen LogP contribution in [-0.4, -0.2) is 59.9 Å². The molecule has 8 heteroatoms. The first-order valence-electron chi connectivity index (χ1n) is 8.05. The normalized spacial score (nSPS) is 21.0. The van der Waals surface area contributed by atoms with Crippen molar-refractivity contribution < 1.29 is 13.2 Å². The summed E-state index contributed by atoms with van der Waals surface area (Å²) in [6.45, 7) is 3.15. The zero-order chi connectivity index (χ0) is 17.3. The number of benzene rings is 1. The van der Waals surface area contributed by atoms with Gasteiger partial charge >= 0.3 is 0 Å². The van der Waals surface area contributed by atoms with Crippen LogP contribution in [0.1, 0.15) is 13.3 Å². The molecule has 2 aromatic rings. The van der Waals surface area contributed by atoms with Crippen molar-refractivity contribution in [3.05, 3.63) is 24.3 Å². The monoisotopic (exact) mass is 350 g/mol. The predicted molar refractivity (Wildman–Crippen MR) is 93.7 cm³/mol. The molecule has 0 radical (unpaired) electrons. The number of rotatable bonds is 4. The highest BCUT2D eigenvalue weighted by Crippen LogP contribution is 2.20. The van der Waals surface area contributed by atoms with Crippen molar-refractivity contribution in [3.8, 4) is 0 Å². The molecule has 1 aromatic heterocycles. The number of para-hydroxylation sites is 2. The Morgan fingerprint density at radius 3 is 2.88 bits per heavy atom. The standard InChI is InChI=1S/C16H22N4O3S/c1-3-20-14-7-5-4-6-13(14)17-16(20)18-15(21)10-12-11-24(22,23)9-8-19(12)2/h4-7,12H,3,8-11H2,1-2H3,(H,17,18,21). The number of hydrogen-bond donors (Lipinski definition) is 1. The number of carbonyl (C=O) groups is 1. The maximum atomic E-state index is 12.4.